The van der Waals surface area contributed by atoms with Crippen molar-refractivity contribution in [3.8, 4) is 11.5 Å². The van der Waals surface area contributed by atoms with E-state index in [2.05, 4.69) is 0 Å². The van der Waals surface area contributed by atoms with Gasteiger partial charge in [0.25, 0.3) is 0 Å². The van der Waals surface area contributed by atoms with E-state index in [-0.39, 0.29) is 27.9 Å². The van der Waals surface area contributed by atoms with Gasteiger partial charge < -0.3 is 9.84 Å². The Morgan fingerprint density at radius 1 is 0.800 bits per heavy atom. The van der Waals surface area contributed by atoms with E-state index in [1.807, 2.05) is 0 Å². The van der Waals surface area contributed by atoms with Crippen molar-refractivity contribution in [2.75, 3.05) is 34.8 Å². The first-order valence-electron chi connectivity index (χ1n) is 8.65. The Bertz CT molecular complexity index is 1050. The Morgan fingerprint density at radius 3 is 1.50 bits per heavy atom. The molecule has 2 aromatic rings. The molecule has 0 atom stereocenters. The minimum atomic E-state index is -3.41. The number of nitrogens with zero attached hydrogens (tertiary/aromatic N) is 2. The summed E-state index contributed by atoms with van der Waals surface area (Å²) < 4.78 is 53.9. The summed E-state index contributed by atoms with van der Waals surface area (Å²) in [5, 5.41) is 8.95. The molecule has 9 nitrogen and oxygen atoms in total. The quantitative estimate of drug-likeness (QED) is 0.668. The van der Waals surface area contributed by atoms with Crippen LogP contribution in [-0.2, 0) is 24.8 Å². The van der Waals surface area contributed by atoms with Gasteiger partial charge in [-0.2, -0.15) is 0 Å². The molecule has 0 radical (unpaired) electrons. The van der Waals surface area contributed by atoms with Crippen LogP contribution in [0.1, 0.15) is 6.92 Å². The molecule has 11 heteroatoms. The van der Waals surface area contributed by atoms with Crippen molar-refractivity contribution in [3.63, 3.8) is 0 Å². The second-order valence-electron chi connectivity index (χ2n) is 6.53. The Morgan fingerprint density at radius 2 is 1.17 bits per heavy atom. The van der Waals surface area contributed by atoms with E-state index in [4.69, 9.17) is 9.84 Å². The predicted octanol–water partition coefficient (Wildman–Crippen LogP) is 1.55. The standard InChI is InChI=1S/C11H15NO4S.C8H11NO3S/c1-9(13)8-16-10-4-6-11(7-5-10)17(14,15)12(2)3;1-9(2)13(11,12)8-5-3-7(10)4-6-8/h4-7H,8H2,1-3H3;3-6,10H,1-2H3. The van der Waals surface area contributed by atoms with Gasteiger partial charge in [0.2, 0.25) is 20.0 Å². The van der Waals surface area contributed by atoms with E-state index in [0.29, 0.717) is 5.75 Å². The number of benzene rings is 2. The fourth-order valence-electron chi connectivity index (χ4n) is 1.93. The van der Waals surface area contributed by atoms with Gasteiger partial charge in [-0.05, 0) is 55.5 Å². The first kappa shape index (κ1) is 25.6. The van der Waals surface area contributed by atoms with Gasteiger partial charge >= 0.3 is 0 Å². The van der Waals surface area contributed by atoms with E-state index in [1.165, 1.54) is 83.6 Å². The summed E-state index contributed by atoms with van der Waals surface area (Å²) in [7, 11) is -0.929. The number of carbonyl (C=O) groups excluding carboxylic acids is 1. The average Bonchev–Trinajstić information content (AvgIpc) is 2.67. The number of Topliss-reactive ketones (excluding diaryl/α,β-unsaturated/α-hetero) is 1. The number of rotatable bonds is 7. The van der Waals surface area contributed by atoms with Crippen molar-refractivity contribution >= 4 is 25.8 Å². The number of sulfonamides is 2. The van der Waals surface area contributed by atoms with Gasteiger partial charge in [0.1, 0.15) is 18.1 Å². The summed E-state index contributed by atoms with van der Waals surface area (Å²) in [5.41, 5.74) is 0. The maximum atomic E-state index is 11.7. The second kappa shape index (κ2) is 10.5. The highest BCUT2D eigenvalue weighted by molar-refractivity contribution is 7.89. The van der Waals surface area contributed by atoms with Gasteiger partial charge in [0.05, 0.1) is 9.79 Å². The summed E-state index contributed by atoms with van der Waals surface area (Å²) in [5.74, 6) is 0.436. The zero-order valence-electron chi connectivity index (χ0n) is 17.4. The Kier molecular flexibility index (Phi) is 8.97. The summed E-state index contributed by atoms with van der Waals surface area (Å²) in [6, 6.07) is 11.4. The average molecular weight is 459 g/mol. The lowest BCUT2D eigenvalue weighted by Gasteiger charge is -2.11. The van der Waals surface area contributed by atoms with Crippen molar-refractivity contribution in [3.05, 3.63) is 48.5 Å². The number of hydrogen-bond donors (Lipinski definition) is 1. The number of carbonyl (C=O) groups is 1. The molecule has 0 unspecified atom stereocenters. The number of ketones is 1. The topological polar surface area (TPSA) is 121 Å². The van der Waals surface area contributed by atoms with Crippen LogP contribution >= 0.6 is 0 Å². The van der Waals surface area contributed by atoms with E-state index < -0.39 is 20.0 Å². The Hall–Kier alpha value is -2.47. The highest BCUT2D eigenvalue weighted by atomic mass is 32.2. The molecule has 30 heavy (non-hydrogen) atoms. The second-order valence-corrected chi connectivity index (χ2v) is 10.8. The van der Waals surface area contributed by atoms with E-state index in [1.54, 1.807) is 0 Å². The largest absolute Gasteiger partial charge is 0.508 e. The number of phenolic OH excluding ortho intramolecular Hbond substituents is 1. The van der Waals surface area contributed by atoms with Crippen LogP contribution in [-0.4, -0.2) is 71.1 Å². The van der Waals surface area contributed by atoms with Crippen LogP contribution in [0.25, 0.3) is 0 Å². The molecule has 166 valence electrons. The summed E-state index contributed by atoms with van der Waals surface area (Å²) in [4.78, 5) is 11.1. The van der Waals surface area contributed by atoms with Gasteiger partial charge in [-0.25, -0.2) is 25.4 Å². The normalized spacial score (nSPS) is 11.7. The van der Waals surface area contributed by atoms with Crippen LogP contribution in [0.5, 0.6) is 11.5 Å². The van der Waals surface area contributed by atoms with Crippen LogP contribution < -0.4 is 4.74 Å². The maximum Gasteiger partial charge on any atom is 0.242 e. The third-order valence-corrected chi connectivity index (χ3v) is 7.32. The van der Waals surface area contributed by atoms with Gasteiger partial charge in [-0.3, -0.25) is 4.79 Å². The zero-order valence-corrected chi connectivity index (χ0v) is 19.1. The third kappa shape index (κ3) is 7.10. The van der Waals surface area contributed by atoms with E-state index in [9.17, 15) is 21.6 Å². The van der Waals surface area contributed by atoms with Gasteiger partial charge in [-0.1, -0.05) is 0 Å². The minimum Gasteiger partial charge on any atom is -0.508 e. The molecule has 0 saturated carbocycles. The molecular weight excluding hydrogens is 432 g/mol. The first-order chi connectivity index (χ1) is 13.8. The summed E-state index contributed by atoms with van der Waals surface area (Å²) >= 11 is 0. The number of phenols is 1. The third-order valence-electron chi connectivity index (χ3n) is 3.66. The summed E-state index contributed by atoms with van der Waals surface area (Å²) in [6.45, 7) is 1.41. The molecule has 0 saturated heterocycles. The number of ether oxygens (including phenoxy) is 1. The van der Waals surface area contributed by atoms with Crippen LogP contribution in [0.3, 0.4) is 0 Å². The Balaban J connectivity index is 0.000000311. The maximum absolute atomic E-state index is 11.7. The molecule has 0 aliphatic carbocycles. The molecule has 0 fully saturated rings. The highest BCUT2D eigenvalue weighted by Gasteiger charge is 2.17. The van der Waals surface area contributed by atoms with Crippen molar-refractivity contribution in [2.45, 2.75) is 16.7 Å². The zero-order chi connectivity index (χ0) is 23.1. The van der Waals surface area contributed by atoms with Crippen molar-refractivity contribution in [2.24, 2.45) is 0 Å². The lowest BCUT2D eigenvalue weighted by atomic mass is 10.3. The molecule has 0 aromatic heterocycles. The molecule has 2 aromatic carbocycles. The van der Waals surface area contributed by atoms with Crippen molar-refractivity contribution in [1.29, 1.82) is 0 Å². The Labute approximate surface area is 177 Å². The molecule has 0 spiro atoms. The van der Waals surface area contributed by atoms with Crippen molar-refractivity contribution in [1.82, 2.24) is 8.61 Å². The minimum absolute atomic E-state index is 0.0141. The molecule has 2 rings (SSSR count). The fraction of sp³-hybridized carbons (Fsp3) is 0.316. The van der Waals surface area contributed by atoms with Crippen LogP contribution in [0.15, 0.2) is 58.3 Å². The molecular formula is C19H26N2O7S2. The van der Waals surface area contributed by atoms with E-state index in [0.717, 1.165) is 8.61 Å². The highest BCUT2D eigenvalue weighted by Crippen LogP contribution is 2.18. The molecule has 0 bridgehead atoms. The van der Waals surface area contributed by atoms with E-state index >= 15 is 0 Å². The smallest absolute Gasteiger partial charge is 0.242 e. The lowest BCUT2D eigenvalue weighted by molar-refractivity contribution is -0.118. The van der Waals surface area contributed by atoms with Gasteiger partial charge in [-0.15, -0.1) is 0 Å². The number of hydrogen-bond acceptors (Lipinski definition) is 7. The molecule has 0 amide bonds. The molecule has 0 aliphatic rings. The predicted molar refractivity (Wildman–Crippen MR) is 112 cm³/mol. The molecule has 1 N–H and O–H groups in total. The lowest BCUT2D eigenvalue weighted by Crippen LogP contribution is -2.22. The fourth-order valence-corrected chi connectivity index (χ4v) is 3.74. The molecule has 0 heterocycles. The van der Waals surface area contributed by atoms with Crippen LogP contribution in [0, 0.1) is 0 Å². The monoisotopic (exact) mass is 458 g/mol. The number of aromatic hydroxyl groups is 1. The van der Waals surface area contributed by atoms with Gasteiger partial charge in [0.15, 0.2) is 5.78 Å². The van der Waals surface area contributed by atoms with Crippen molar-refractivity contribution < 1.29 is 31.5 Å². The summed E-state index contributed by atoms with van der Waals surface area (Å²) in [6.07, 6.45) is 0. The van der Waals surface area contributed by atoms with Gasteiger partial charge in [0, 0.05) is 28.2 Å². The van der Waals surface area contributed by atoms with Crippen LogP contribution in [0.4, 0.5) is 0 Å². The SMILES string of the molecule is CC(=O)COc1ccc(S(=O)(=O)N(C)C)cc1.CN(C)S(=O)(=O)c1ccc(O)cc1. The van der Waals surface area contributed by atoms with Crippen LogP contribution in [0.2, 0.25) is 0 Å². The molecule has 0 aliphatic heterocycles. The first-order valence-corrected chi connectivity index (χ1v) is 11.5.